The molecule has 2 rings (SSSR count). The summed E-state index contributed by atoms with van der Waals surface area (Å²) < 4.78 is 0. The van der Waals surface area contributed by atoms with Crippen molar-refractivity contribution < 1.29 is 0 Å². The standard InChI is InChI=1S/C12H21N3S/c1-3-13-8-7-11-14-15-12(16-11)10-6-4-5-9(10)2/h9-10,13H,3-8H2,1-2H3. The third-order valence-corrected chi connectivity index (χ3v) is 4.54. The highest BCUT2D eigenvalue weighted by molar-refractivity contribution is 7.11. The molecule has 3 nitrogen and oxygen atoms in total. The quantitative estimate of drug-likeness (QED) is 0.803. The van der Waals surface area contributed by atoms with Gasteiger partial charge in [0.2, 0.25) is 0 Å². The first-order valence-electron chi connectivity index (χ1n) is 6.34. The summed E-state index contributed by atoms with van der Waals surface area (Å²) >= 11 is 1.82. The summed E-state index contributed by atoms with van der Waals surface area (Å²) in [5.41, 5.74) is 0. The van der Waals surface area contributed by atoms with Crippen LogP contribution < -0.4 is 5.32 Å². The van der Waals surface area contributed by atoms with Gasteiger partial charge in [0.1, 0.15) is 10.0 Å². The molecule has 4 heteroatoms. The van der Waals surface area contributed by atoms with Gasteiger partial charge < -0.3 is 5.32 Å². The lowest BCUT2D eigenvalue weighted by Crippen LogP contribution is -2.15. The van der Waals surface area contributed by atoms with Crippen LogP contribution in [0.4, 0.5) is 0 Å². The molecule has 0 amide bonds. The minimum absolute atomic E-state index is 0.686. The maximum atomic E-state index is 4.37. The second-order valence-electron chi connectivity index (χ2n) is 4.65. The molecule has 1 aromatic heterocycles. The van der Waals surface area contributed by atoms with Crippen LogP contribution in [0.25, 0.3) is 0 Å². The second kappa shape index (κ2) is 5.73. The van der Waals surface area contributed by atoms with E-state index in [0.29, 0.717) is 5.92 Å². The van der Waals surface area contributed by atoms with Crippen LogP contribution >= 0.6 is 11.3 Å². The van der Waals surface area contributed by atoms with Gasteiger partial charge in [-0.3, -0.25) is 0 Å². The lowest BCUT2D eigenvalue weighted by Gasteiger charge is -2.10. The Morgan fingerprint density at radius 2 is 2.25 bits per heavy atom. The van der Waals surface area contributed by atoms with Crippen LogP contribution in [0, 0.1) is 5.92 Å². The van der Waals surface area contributed by atoms with E-state index in [-0.39, 0.29) is 0 Å². The molecule has 1 aliphatic rings. The minimum Gasteiger partial charge on any atom is -0.317 e. The third-order valence-electron chi connectivity index (χ3n) is 3.43. The summed E-state index contributed by atoms with van der Waals surface area (Å²) in [4.78, 5) is 0. The van der Waals surface area contributed by atoms with Crippen molar-refractivity contribution in [3.63, 3.8) is 0 Å². The molecule has 90 valence electrons. The third kappa shape index (κ3) is 2.80. The Bertz CT molecular complexity index is 324. The predicted octanol–water partition coefficient (Wildman–Crippen LogP) is 2.59. The zero-order valence-electron chi connectivity index (χ0n) is 10.2. The molecule has 1 saturated carbocycles. The fraction of sp³-hybridized carbons (Fsp3) is 0.833. The van der Waals surface area contributed by atoms with Crippen molar-refractivity contribution in [3.05, 3.63) is 10.0 Å². The van der Waals surface area contributed by atoms with Gasteiger partial charge in [0.15, 0.2) is 0 Å². The van der Waals surface area contributed by atoms with Crippen LogP contribution in [0.15, 0.2) is 0 Å². The van der Waals surface area contributed by atoms with Gasteiger partial charge in [-0.25, -0.2) is 0 Å². The van der Waals surface area contributed by atoms with Gasteiger partial charge in [-0.15, -0.1) is 21.5 Å². The van der Waals surface area contributed by atoms with E-state index < -0.39 is 0 Å². The second-order valence-corrected chi connectivity index (χ2v) is 5.75. The van der Waals surface area contributed by atoms with Crippen LogP contribution in [0.3, 0.4) is 0 Å². The topological polar surface area (TPSA) is 37.8 Å². The molecule has 0 saturated heterocycles. The van der Waals surface area contributed by atoms with Crippen LogP contribution in [0.1, 0.15) is 49.0 Å². The molecule has 2 unspecified atom stereocenters. The summed E-state index contributed by atoms with van der Waals surface area (Å²) in [6.45, 7) is 6.53. The average molecular weight is 239 g/mol. The summed E-state index contributed by atoms with van der Waals surface area (Å²) in [5, 5.41) is 14.5. The zero-order chi connectivity index (χ0) is 11.4. The Morgan fingerprint density at radius 3 is 2.94 bits per heavy atom. The van der Waals surface area contributed by atoms with E-state index in [9.17, 15) is 0 Å². The zero-order valence-corrected chi connectivity index (χ0v) is 11.0. The number of nitrogens with one attached hydrogen (secondary N) is 1. The van der Waals surface area contributed by atoms with Crippen LogP contribution in [-0.4, -0.2) is 23.3 Å². The Morgan fingerprint density at radius 1 is 1.38 bits per heavy atom. The largest absolute Gasteiger partial charge is 0.317 e. The van der Waals surface area contributed by atoms with Crippen molar-refractivity contribution in [1.29, 1.82) is 0 Å². The molecule has 0 bridgehead atoms. The van der Waals surface area contributed by atoms with Gasteiger partial charge in [-0.2, -0.15) is 0 Å². The molecule has 1 aromatic rings. The lowest BCUT2D eigenvalue weighted by molar-refractivity contribution is 0.527. The van der Waals surface area contributed by atoms with Gasteiger partial charge in [0, 0.05) is 18.9 Å². The highest BCUT2D eigenvalue weighted by Crippen LogP contribution is 2.40. The molecule has 0 radical (unpaired) electrons. The fourth-order valence-electron chi connectivity index (χ4n) is 2.40. The first kappa shape index (κ1) is 12.0. The summed E-state index contributed by atoms with van der Waals surface area (Å²) in [7, 11) is 0. The molecular formula is C12H21N3S. The van der Waals surface area contributed by atoms with Gasteiger partial charge in [0.25, 0.3) is 0 Å². The number of rotatable bonds is 5. The molecule has 1 fully saturated rings. The van der Waals surface area contributed by atoms with Crippen molar-refractivity contribution in [2.45, 2.75) is 45.4 Å². The van der Waals surface area contributed by atoms with E-state index in [1.807, 2.05) is 11.3 Å². The van der Waals surface area contributed by atoms with Crippen molar-refractivity contribution in [2.75, 3.05) is 13.1 Å². The maximum absolute atomic E-state index is 4.37. The van der Waals surface area contributed by atoms with Crippen LogP contribution in [0.5, 0.6) is 0 Å². The normalized spacial score (nSPS) is 25.1. The molecule has 1 N–H and O–H groups in total. The number of nitrogens with zero attached hydrogens (tertiary/aromatic N) is 2. The first-order valence-corrected chi connectivity index (χ1v) is 7.16. The molecule has 1 aliphatic carbocycles. The lowest BCUT2D eigenvalue weighted by atomic mass is 9.99. The Labute approximate surface area is 102 Å². The van der Waals surface area contributed by atoms with Gasteiger partial charge in [-0.05, 0) is 18.9 Å². The SMILES string of the molecule is CCNCCc1nnc(C2CCCC2C)s1. The minimum atomic E-state index is 0.686. The number of hydrogen-bond donors (Lipinski definition) is 1. The van der Waals surface area contributed by atoms with E-state index in [4.69, 9.17) is 0 Å². The van der Waals surface area contributed by atoms with Gasteiger partial charge in [-0.1, -0.05) is 26.7 Å². The summed E-state index contributed by atoms with van der Waals surface area (Å²) in [6.07, 6.45) is 5.05. The smallest absolute Gasteiger partial charge is 0.120 e. The predicted molar refractivity (Wildman–Crippen MR) is 67.9 cm³/mol. The maximum Gasteiger partial charge on any atom is 0.120 e. The van der Waals surface area contributed by atoms with Gasteiger partial charge >= 0.3 is 0 Å². The number of likely N-dealkylation sites (N-methyl/N-ethyl adjacent to an activating group) is 1. The van der Waals surface area contributed by atoms with Crippen LogP contribution in [-0.2, 0) is 6.42 Å². The molecular weight excluding hydrogens is 218 g/mol. The fourth-order valence-corrected chi connectivity index (χ4v) is 3.51. The van der Waals surface area contributed by atoms with Gasteiger partial charge in [0.05, 0.1) is 0 Å². The van der Waals surface area contributed by atoms with E-state index in [1.165, 1.54) is 29.3 Å². The number of aromatic nitrogens is 2. The highest BCUT2D eigenvalue weighted by Gasteiger charge is 2.27. The van der Waals surface area contributed by atoms with Crippen LogP contribution in [0.2, 0.25) is 0 Å². The van der Waals surface area contributed by atoms with E-state index in [2.05, 4.69) is 29.4 Å². The Balaban J connectivity index is 1.91. The summed E-state index contributed by atoms with van der Waals surface area (Å²) in [6, 6.07) is 0. The van der Waals surface area contributed by atoms with E-state index in [1.54, 1.807) is 0 Å². The first-order chi connectivity index (χ1) is 7.81. The Hall–Kier alpha value is -0.480. The Kier molecular flexibility index (Phi) is 4.29. The summed E-state index contributed by atoms with van der Waals surface area (Å²) in [5.74, 6) is 1.49. The molecule has 0 aliphatic heterocycles. The van der Waals surface area contributed by atoms with Crippen molar-refractivity contribution in [1.82, 2.24) is 15.5 Å². The monoisotopic (exact) mass is 239 g/mol. The van der Waals surface area contributed by atoms with Crippen molar-refractivity contribution in [2.24, 2.45) is 5.92 Å². The molecule has 2 atom stereocenters. The number of hydrogen-bond acceptors (Lipinski definition) is 4. The highest BCUT2D eigenvalue weighted by atomic mass is 32.1. The average Bonchev–Trinajstić information content (AvgIpc) is 2.87. The van der Waals surface area contributed by atoms with Crippen molar-refractivity contribution in [3.8, 4) is 0 Å². The van der Waals surface area contributed by atoms with E-state index >= 15 is 0 Å². The molecule has 0 spiro atoms. The van der Waals surface area contributed by atoms with Crippen molar-refractivity contribution >= 4 is 11.3 Å². The molecule has 1 heterocycles. The molecule has 16 heavy (non-hydrogen) atoms. The van der Waals surface area contributed by atoms with E-state index in [0.717, 1.165) is 25.4 Å². The molecule has 0 aromatic carbocycles.